The Bertz CT molecular complexity index is 1230. The standard InChI is InChI=1S/C25H23N3O5/c1-15(29)26-17-11-12-21(33-2)20(14-17)27-22(30)10-5-13-28-24(31)18-8-3-6-16-7-4-9-19(23(16)18)25(28)32/h3-4,6-9,11-12,14H,5,10,13H2,1-2H3,(H,26,29)(H,27,30). The van der Waals surface area contributed by atoms with Crippen LogP contribution in [0, 0.1) is 0 Å². The van der Waals surface area contributed by atoms with Crippen molar-refractivity contribution < 1.29 is 23.9 Å². The summed E-state index contributed by atoms with van der Waals surface area (Å²) < 4.78 is 5.27. The minimum Gasteiger partial charge on any atom is -0.495 e. The summed E-state index contributed by atoms with van der Waals surface area (Å²) in [5, 5.41) is 6.94. The van der Waals surface area contributed by atoms with Crippen LogP contribution in [0.15, 0.2) is 54.6 Å². The number of carbonyl (C=O) groups excluding carboxylic acids is 4. The number of rotatable bonds is 7. The fourth-order valence-electron chi connectivity index (χ4n) is 3.98. The molecule has 0 saturated heterocycles. The zero-order chi connectivity index (χ0) is 23.5. The van der Waals surface area contributed by atoms with Gasteiger partial charge in [0.1, 0.15) is 5.75 Å². The second-order valence-corrected chi connectivity index (χ2v) is 7.72. The number of hydrogen-bond donors (Lipinski definition) is 2. The number of nitrogens with zero attached hydrogens (tertiary/aromatic N) is 1. The largest absolute Gasteiger partial charge is 0.495 e. The maximum Gasteiger partial charge on any atom is 0.261 e. The van der Waals surface area contributed by atoms with Gasteiger partial charge in [-0.25, -0.2) is 0 Å². The summed E-state index contributed by atoms with van der Waals surface area (Å²) in [7, 11) is 1.48. The maximum atomic E-state index is 12.9. The van der Waals surface area contributed by atoms with Gasteiger partial charge in [0.25, 0.3) is 11.8 Å². The summed E-state index contributed by atoms with van der Waals surface area (Å²) in [6.45, 7) is 1.52. The molecule has 3 aromatic rings. The number of carbonyl (C=O) groups is 4. The molecule has 8 nitrogen and oxygen atoms in total. The topological polar surface area (TPSA) is 105 Å². The van der Waals surface area contributed by atoms with Crippen LogP contribution < -0.4 is 15.4 Å². The smallest absolute Gasteiger partial charge is 0.261 e. The SMILES string of the molecule is COc1ccc(NC(C)=O)cc1NC(=O)CCCN1C(=O)c2cccc3cccc(c23)C1=O. The Kier molecular flexibility index (Phi) is 6.08. The molecule has 0 radical (unpaired) electrons. The van der Waals surface area contributed by atoms with Gasteiger partial charge in [-0.15, -0.1) is 0 Å². The minimum atomic E-state index is -0.352. The molecule has 168 valence electrons. The molecule has 33 heavy (non-hydrogen) atoms. The molecule has 1 heterocycles. The highest BCUT2D eigenvalue weighted by Gasteiger charge is 2.32. The van der Waals surface area contributed by atoms with Crippen LogP contribution >= 0.6 is 0 Å². The zero-order valence-electron chi connectivity index (χ0n) is 18.3. The van der Waals surface area contributed by atoms with Crippen LogP contribution in [0.25, 0.3) is 10.8 Å². The lowest BCUT2D eigenvalue weighted by molar-refractivity contribution is -0.116. The summed E-state index contributed by atoms with van der Waals surface area (Å²) in [5.74, 6) is -0.787. The van der Waals surface area contributed by atoms with Crippen LogP contribution in [0.1, 0.15) is 40.5 Å². The van der Waals surface area contributed by atoms with Crippen LogP contribution in [0.3, 0.4) is 0 Å². The van der Waals surface area contributed by atoms with Crippen molar-refractivity contribution in [3.8, 4) is 5.75 Å². The van der Waals surface area contributed by atoms with Crippen molar-refractivity contribution in [1.29, 1.82) is 0 Å². The fraction of sp³-hybridized carbons (Fsp3) is 0.200. The highest BCUT2D eigenvalue weighted by atomic mass is 16.5. The first-order valence-electron chi connectivity index (χ1n) is 10.5. The van der Waals surface area contributed by atoms with Crippen LogP contribution in [0.2, 0.25) is 0 Å². The molecule has 0 fully saturated rings. The molecule has 4 rings (SSSR count). The Morgan fingerprint density at radius 2 is 1.61 bits per heavy atom. The first-order valence-corrected chi connectivity index (χ1v) is 10.5. The molecule has 1 aliphatic rings. The molecule has 0 aliphatic carbocycles. The Morgan fingerprint density at radius 1 is 0.939 bits per heavy atom. The van der Waals surface area contributed by atoms with Gasteiger partial charge in [-0.1, -0.05) is 24.3 Å². The van der Waals surface area contributed by atoms with E-state index in [2.05, 4.69) is 10.6 Å². The second-order valence-electron chi connectivity index (χ2n) is 7.72. The van der Waals surface area contributed by atoms with Gasteiger partial charge in [0, 0.05) is 42.1 Å². The third kappa shape index (κ3) is 4.41. The van der Waals surface area contributed by atoms with Crippen molar-refractivity contribution in [1.82, 2.24) is 4.90 Å². The highest BCUT2D eigenvalue weighted by Crippen LogP contribution is 2.30. The zero-order valence-corrected chi connectivity index (χ0v) is 18.3. The lowest BCUT2D eigenvalue weighted by atomic mass is 9.94. The van der Waals surface area contributed by atoms with Crippen molar-refractivity contribution in [2.75, 3.05) is 24.3 Å². The first-order chi connectivity index (χ1) is 15.9. The van der Waals surface area contributed by atoms with Crippen LogP contribution in [0.4, 0.5) is 11.4 Å². The number of amides is 4. The Hall–Kier alpha value is -4.20. The van der Waals surface area contributed by atoms with Gasteiger partial charge < -0.3 is 15.4 Å². The molecule has 0 atom stereocenters. The van der Waals surface area contributed by atoms with E-state index < -0.39 is 0 Å². The average molecular weight is 445 g/mol. The minimum absolute atomic E-state index is 0.0937. The Morgan fingerprint density at radius 3 is 2.21 bits per heavy atom. The number of methoxy groups -OCH3 is 1. The van der Waals surface area contributed by atoms with E-state index in [0.717, 1.165) is 5.39 Å². The van der Waals surface area contributed by atoms with E-state index in [0.29, 0.717) is 40.1 Å². The van der Waals surface area contributed by atoms with E-state index in [4.69, 9.17) is 4.74 Å². The molecule has 1 aliphatic heterocycles. The summed E-state index contributed by atoms with van der Waals surface area (Å²) in [5.41, 5.74) is 1.92. The molecular weight excluding hydrogens is 422 g/mol. The van der Waals surface area contributed by atoms with E-state index in [9.17, 15) is 19.2 Å². The summed E-state index contributed by atoms with van der Waals surface area (Å²) in [6, 6.07) is 15.7. The molecule has 8 heteroatoms. The number of ether oxygens (including phenoxy) is 1. The summed E-state index contributed by atoms with van der Waals surface area (Å²) in [4.78, 5) is 50.9. The van der Waals surface area contributed by atoms with E-state index in [1.165, 1.54) is 18.9 Å². The predicted octanol–water partition coefficient (Wildman–Crippen LogP) is 3.82. The van der Waals surface area contributed by atoms with Gasteiger partial charge >= 0.3 is 0 Å². The Balaban J connectivity index is 1.42. The predicted molar refractivity (Wildman–Crippen MR) is 124 cm³/mol. The van der Waals surface area contributed by atoms with Crippen LogP contribution in [-0.4, -0.2) is 42.2 Å². The third-order valence-corrected chi connectivity index (χ3v) is 5.44. The molecule has 0 unspecified atom stereocenters. The molecule has 2 N–H and O–H groups in total. The van der Waals surface area contributed by atoms with Crippen LogP contribution in [-0.2, 0) is 9.59 Å². The molecule has 3 aromatic carbocycles. The van der Waals surface area contributed by atoms with Crippen molar-refractivity contribution >= 4 is 45.8 Å². The molecule has 4 amide bonds. The number of imide groups is 1. The number of hydrogen-bond acceptors (Lipinski definition) is 5. The Labute approximate surface area is 190 Å². The van der Waals surface area contributed by atoms with E-state index in [-0.39, 0.29) is 36.6 Å². The molecule has 0 bridgehead atoms. The van der Waals surface area contributed by atoms with Crippen molar-refractivity contribution in [2.45, 2.75) is 19.8 Å². The van der Waals surface area contributed by atoms with Gasteiger partial charge in [0.15, 0.2) is 0 Å². The van der Waals surface area contributed by atoms with Crippen molar-refractivity contribution in [3.05, 3.63) is 65.7 Å². The van der Waals surface area contributed by atoms with Gasteiger partial charge in [-0.3, -0.25) is 24.1 Å². The normalized spacial score (nSPS) is 12.6. The van der Waals surface area contributed by atoms with Crippen molar-refractivity contribution in [2.24, 2.45) is 0 Å². The maximum absolute atomic E-state index is 12.9. The van der Waals surface area contributed by atoms with E-state index >= 15 is 0 Å². The second kappa shape index (κ2) is 9.12. The fourth-order valence-corrected chi connectivity index (χ4v) is 3.98. The molecular formula is C25H23N3O5. The number of anilines is 2. The van der Waals surface area contributed by atoms with Gasteiger partial charge in [-0.2, -0.15) is 0 Å². The average Bonchev–Trinajstić information content (AvgIpc) is 2.79. The summed E-state index contributed by atoms with van der Waals surface area (Å²) in [6.07, 6.45) is 0.394. The monoisotopic (exact) mass is 445 g/mol. The lowest BCUT2D eigenvalue weighted by Gasteiger charge is -2.27. The van der Waals surface area contributed by atoms with Gasteiger partial charge in [0.2, 0.25) is 11.8 Å². The molecule has 0 saturated carbocycles. The number of benzene rings is 3. The highest BCUT2D eigenvalue weighted by molar-refractivity contribution is 6.25. The van der Waals surface area contributed by atoms with E-state index in [1.54, 1.807) is 42.5 Å². The van der Waals surface area contributed by atoms with Crippen molar-refractivity contribution in [3.63, 3.8) is 0 Å². The van der Waals surface area contributed by atoms with Gasteiger partial charge in [0.05, 0.1) is 12.8 Å². The lowest BCUT2D eigenvalue weighted by Crippen LogP contribution is -2.41. The summed E-state index contributed by atoms with van der Waals surface area (Å²) >= 11 is 0. The third-order valence-electron chi connectivity index (χ3n) is 5.44. The van der Waals surface area contributed by atoms with Gasteiger partial charge in [-0.05, 0) is 42.1 Å². The number of nitrogens with one attached hydrogen (secondary N) is 2. The molecule has 0 aromatic heterocycles. The molecule has 0 spiro atoms. The first kappa shape index (κ1) is 22.0. The van der Waals surface area contributed by atoms with E-state index in [1.807, 2.05) is 12.1 Å². The quantitative estimate of drug-likeness (QED) is 0.538. The van der Waals surface area contributed by atoms with Crippen LogP contribution in [0.5, 0.6) is 5.75 Å².